The van der Waals surface area contributed by atoms with Crippen molar-refractivity contribution in [2.75, 3.05) is 0 Å². The Morgan fingerprint density at radius 2 is 1.78 bits per heavy atom. The van der Waals surface area contributed by atoms with Crippen molar-refractivity contribution in [2.45, 2.75) is 44.9 Å². The summed E-state index contributed by atoms with van der Waals surface area (Å²) in [5.41, 5.74) is 1.79. The molecular formula is C16H20O2. The Labute approximate surface area is 109 Å². The van der Waals surface area contributed by atoms with Gasteiger partial charge in [0, 0.05) is 5.57 Å². The van der Waals surface area contributed by atoms with Crippen LogP contribution in [0.1, 0.15) is 50.5 Å². The van der Waals surface area contributed by atoms with E-state index in [1.807, 2.05) is 12.1 Å². The minimum atomic E-state index is -0.361. The fourth-order valence-corrected chi connectivity index (χ4v) is 2.44. The van der Waals surface area contributed by atoms with Crippen LogP contribution in [-0.4, -0.2) is 5.97 Å². The molecule has 0 bridgehead atoms. The Morgan fingerprint density at radius 1 is 1.17 bits per heavy atom. The second kappa shape index (κ2) is 5.85. The first-order chi connectivity index (χ1) is 8.66. The monoisotopic (exact) mass is 244 g/mol. The molecule has 0 unspecified atom stereocenters. The van der Waals surface area contributed by atoms with Gasteiger partial charge in [0.1, 0.15) is 5.75 Å². The molecule has 1 aromatic rings. The minimum absolute atomic E-state index is 0.361. The molecule has 0 saturated heterocycles. The van der Waals surface area contributed by atoms with Gasteiger partial charge in [0.25, 0.3) is 0 Å². The third-order valence-corrected chi connectivity index (χ3v) is 3.52. The van der Waals surface area contributed by atoms with Crippen LogP contribution in [-0.2, 0) is 4.79 Å². The van der Waals surface area contributed by atoms with Gasteiger partial charge in [-0.2, -0.15) is 0 Å². The number of ether oxygens (including phenoxy) is 1. The van der Waals surface area contributed by atoms with E-state index >= 15 is 0 Å². The minimum Gasteiger partial charge on any atom is -0.423 e. The molecule has 0 aromatic heterocycles. The van der Waals surface area contributed by atoms with Crippen LogP contribution in [0.3, 0.4) is 0 Å². The van der Waals surface area contributed by atoms with Gasteiger partial charge in [-0.3, -0.25) is 0 Å². The first kappa shape index (κ1) is 12.9. The van der Waals surface area contributed by atoms with Crippen LogP contribution in [0.25, 0.3) is 0 Å². The largest absolute Gasteiger partial charge is 0.423 e. The van der Waals surface area contributed by atoms with E-state index in [0.717, 1.165) is 0 Å². The Hall–Kier alpha value is -1.57. The summed E-state index contributed by atoms with van der Waals surface area (Å²) in [6.07, 6.45) is 6.59. The van der Waals surface area contributed by atoms with E-state index in [1.54, 1.807) is 6.92 Å². The lowest BCUT2D eigenvalue weighted by Crippen LogP contribution is -2.08. The molecule has 0 amide bonds. The molecule has 0 radical (unpaired) electrons. The lowest BCUT2D eigenvalue weighted by atomic mass is 9.84. The standard InChI is InChI=1S/C16H20O2/c1-12(2)16(17)18-15-10-8-14(9-11-15)13-6-4-3-5-7-13/h8-11,13H,1,3-7H2,2H3. The van der Waals surface area contributed by atoms with Crippen LogP contribution >= 0.6 is 0 Å². The van der Waals surface area contributed by atoms with Crippen molar-refractivity contribution in [1.29, 1.82) is 0 Å². The Morgan fingerprint density at radius 3 is 2.33 bits per heavy atom. The molecule has 0 spiro atoms. The van der Waals surface area contributed by atoms with Gasteiger partial charge in [-0.15, -0.1) is 0 Å². The molecule has 96 valence electrons. The van der Waals surface area contributed by atoms with E-state index in [9.17, 15) is 4.79 Å². The zero-order valence-electron chi connectivity index (χ0n) is 10.9. The Bertz CT molecular complexity index is 425. The highest BCUT2D eigenvalue weighted by atomic mass is 16.5. The smallest absolute Gasteiger partial charge is 0.338 e. The molecule has 2 rings (SSSR count). The van der Waals surface area contributed by atoms with Gasteiger partial charge in [-0.05, 0) is 43.4 Å². The van der Waals surface area contributed by atoms with Gasteiger partial charge in [-0.25, -0.2) is 4.79 Å². The molecule has 1 aliphatic rings. The van der Waals surface area contributed by atoms with Crippen LogP contribution in [0.15, 0.2) is 36.4 Å². The molecule has 1 aromatic carbocycles. The molecular weight excluding hydrogens is 224 g/mol. The maximum atomic E-state index is 11.4. The fourth-order valence-electron chi connectivity index (χ4n) is 2.44. The summed E-state index contributed by atoms with van der Waals surface area (Å²) in [6.45, 7) is 5.22. The highest BCUT2D eigenvalue weighted by molar-refractivity contribution is 5.88. The molecule has 1 aliphatic carbocycles. The lowest BCUT2D eigenvalue weighted by molar-refractivity contribution is -0.130. The van der Waals surface area contributed by atoms with Crippen molar-refractivity contribution in [3.8, 4) is 5.75 Å². The van der Waals surface area contributed by atoms with E-state index in [-0.39, 0.29) is 5.97 Å². The summed E-state index contributed by atoms with van der Waals surface area (Å²) in [7, 11) is 0. The molecule has 0 heterocycles. The summed E-state index contributed by atoms with van der Waals surface area (Å²) in [6, 6.07) is 7.92. The molecule has 2 nitrogen and oxygen atoms in total. The normalized spacial score (nSPS) is 16.3. The van der Waals surface area contributed by atoms with Crippen LogP contribution in [0.4, 0.5) is 0 Å². The van der Waals surface area contributed by atoms with Crippen LogP contribution < -0.4 is 4.74 Å². The van der Waals surface area contributed by atoms with E-state index < -0.39 is 0 Å². The molecule has 0 N–H and O–H groups in total. The topological polar surface area (TPSA) is 26.3 Å². The summed E-state index contributed by atoms with van der Waals surface area (Å²) in [5.74, 6) is 0.924. The predicted octanol–water partition coefficient (Wildman–Crippen LogP) is 4.22. The predicted molar refractivity (Wildman–Crippen MR) is 72.7 cm³/mol. The average Bonchev–Trinajstić information content (AvgIpc) is 2.40. The van der Waals surface area contributed by atoms with Gasteiger partial charge in [0.05, 0.1) is 0 Å². The molecule has 0 aliphatic heterocycles. The van der Waals surface area contributed by atoms with Crippen LogP contribution in [0, 0.1) is 0 Å². The first-order valence-electron chi connectivity index (χ1n) is 6.64. The number of benzene rings is 1. The first-order valence-corrected chi connectivity index (χ1v) is 6.64. The quantitative estimate of drug-likeness (QED) is 0.452. The number of carbonyl (C=O) groups excluding carboxylic acids is 1. The number of hydrogen-bond acceptors (Lipinski definition) is 2. The highest BCUT2D eigenvalue weighted by Crippen LogP contribution is 2.33. The van der Waals surface area contributed by atoms with Crippen molar-refractivity contribution in [3.63, 3.8) is 0 Å². The fraction of sp³-hybridized carbons (Fsp3) is 0.438. The third kappa shape index (κ3) is 3.22. The summed E-state index contributed by atoms with van der Waals surface area (Å²) in [4.78, 5) is 11.4. The molecule has 2 heteroatoms. The number of carbonyl (C=O) groups is 1. The number of hydrogen-bond donors (Lipinski definition) is 0. The van der Waals surface area contributed by atoms with E-state index in [4.69, 9.17) is 4.74 Å². The van der Waals surface area contributed by atoms with Crippen molar-refractivity contribution in [2.24, 2.45) is 0 Å². The van der Waals surface area contributed by atoms with Gasteiger partial charge in [0.2, 0.25) is 0 Å². The van der Waals surface area contributed by atoms with Crippen molar-refractivity contribution in [3.05, 3.63) is 42.0 Å². The van der Waals surface area contributed by atoms with E-state index in [1.165, 1.54) is 37.7 Å². The molecule has 1 saturated carbocycles. The van der Waals surface area contributed by atoms with E-state index in [2.05, 4.69) is 18.7 Å². The average molecular weight is 244 g/mol. The van der Waals surface area contributed by atoms with Crippen molar-refractivity contribution in [1.82, 2.24) is 0 Å². The van der Waals surface area contributed by atoms with Crippen molar-refractivity contribution < 1.29 is 9.53 Å². The number of esters is 1. The third-order valence-electron chi connectivity index (χ3n) is 3.52. The zero-order valence-corrected chi connectivity index (χ0v) is 10.9. The van der Waals surface area contributed by atoms with Gasteiger partial charge in [-0.1, -0.05) is 38.0 Å². The lowest BCUT2D eigenvalue weighted by Gasteiger charge is -2.22. The second-order valence-electron chi connectivity index (χ2n) is 5.07. The summed E-state index contributed by atoms with van der Waals surface area (Å²) < 4.78 is 5.18. The molecule has 1 fully saturated rings. The number of rotatable bonds is 3. The molecule has 0 atom stereocenters. The second-order valence-corrected chi connectivity index (χ2v) is 5.07. The Kier molecular flexibility index (Phi) is 4.19. The van der Waals surface area contributed by atoms with Crippen LogP contribution in [0.5, 0.6) is 5.75 Å². The van der Waals surface area contributed by atoms with Gasteiger partial charge >= 0.3 is 5.97 Å². The maximum Gasteiger partial charge on any atom is 0.338 e. The maximum absolute atomic E-state index is 11.4. The van der Waals surface area contributed by atoms with E-state index in [0.29, 0.717) is 17.2 Å². The Balaban J connectivity index is 2.00. The SMILES string of the molecule is C=C(C)C(=O)Oc1ccc(C2CCCCC2)cc1. The summed E-state index contributed by atoms with van der Waals surface area (Å²) in [5, 5.41) is 0. The van der Waals surface area contributed by atoms with Gasteiger partial charge < -0.3 is 4.74 Å². The van der Waals surface area contributed by atoms with Gasteiger partial charge in [0.15, 0.2) is 0 Å². The summed E-state index contributed by atoms with van der Waals surface area (Å²) >= 11 is 0. The molecule has 18 heavy (non-hydrogen) atoms. The zero-order chi connectivity index (χ0) is 13.0. The van der Waals surface area contributed by atoms with Crippen LogP contribution in [0.2, 0.25) is 0 Å². The van der Waals surface area contributed by atoms with Crippen molar-refractivity contribution >= 4 is 5.97 Å². The highest BCUT2D eigenvalue weighted by Gasteiger charge is 2.15.